The van der Waals surface area contributed by atoms with E-state index in [9.17, 15) is 8.42 Å². The molecule has 1 aromatic carbocycles. The molecule has 0 spiro atoms. The second-order valence-electron chi connectivity index (χ2n) is 5.76. The smallest absolute Gasteiger partial charge is 0.191 e. The number of hydrogen-bond acceptors (Lipinski definition) is 3. The van der Waals surface area contributed by atoms with Crippen LogP contribution in [0.2, 0.25) is 5.02 Å². The van der Waals surface area contributed by atoms with E-state index in [0.29, 0.717) is 19.0 Å². The van der Waals surface area contributed by atoms with Crippen molar-refractivity contribution >= 4 is 27.4 Å². The number of sulfone groups is 1. The number of benzene rings is 1. The highest BCUT2D eigenvalue weighted by Crippen LogP contribution is 2.13. The monoisotopic (exact) mass is 345 g/mol. The lowest BCUT2D eigenvalue weighted by Crippen LogP contribution is -2.48. The number of nitrogens with one attached hydrogen (secondary N) is 2. The van der Waals surface area contributed by atoms with Gasteiger partial charge >= 0.3 is 0 Å². The molecule has 0 saturated heterocycles. The van der Waals surface area contributed by atoms with Crippen LogP contribution in [0.4, 0.5) is 0 Å². The lowest BCUT2D eigenvalue weighted by molar-refractivity contribution is 0.544. The molecule has 1 aromatic rings. The fourth-order valence-corrected chi connectivity index (χ4v) is 2.08. The van der Waals surface area contributed by atoms with Crippen LogP contribution in [-0.2, 0) is 16.3 Å². The Morgan fingerprint density at radius 1 is 1.23 bits per heavy atom. The van der Waals surface area contributed by atoms with Gasteiger partial charge in [-0.3, -0.25) is 4.99 Å². The van der Waals surface area contributed by atoms with Gasteiger partial charge in [0.15, 0.2) is 15.8 Å². The Bertz CT molecular complexity index is 610. The summed E-state index contributed by atoms with van der Waals surface area (Å²) < 4.78 is 22.5. The van der Waals surface area contributed by atoms with E-state index < -0.39 is 14.6 Å². The summed E-state index contributed by atoms with van der Waals surface area (Å²) in [6, 6.07) is 7.68. The zero-order chi connectivity index (χ0) is 16.8. The fourth-order valence-electron chi connectivity index (χ4n) is 1.62. The first-order chi connectivity index (χ1) is 10.2. The van der Waals surface area contributed by atoms with Crippen molar-refractivity contribution in [3.8, 4) is 0 Å². The Morgan fingerprint density at radius 3 is 2.32 bits per heavy atom. The number of hydrogen-bond donors (Lipinski definition) is 2. The molecule has 5 nitrogen and oxygen atoms in total. The molecule has 0 amide bonds. The molecule has 2 N–H and O–H groups in total. The van der Waals surface area contributed by atoms with Crippen LogP contribution in [0.1, 0.15) is 19.4 Å². The number of halogens is 1. The SMILES string of the molecule is CN=C(NCCc1ccc(Cl)cc1)NCC(C)(C)S(C)(=O)=O. The molecule has 0 radical (unpaired) electrons. The van der Waals surface area contributed by atoms with Crippen molar-refractivity contribution in [2.45, 2.75) is 25.0 Å². The molecule has 0 aromatic heterocycles. The second kappa shape index (κ2) is 7.83. The number of aliphatic imine (C=N–C) groups is 1. The Balaban J connectivity index is 2.45. The van der Waals surface area contributed by atoms with Crippen molar-refractivity contribution < 1.29 is 8.42 Å². The van der Waals surface area contributed by atoms with Gasteiger partial charge in [-0.1, -0.05) is 23.7 Å². The maximum atomic E-state index is 11.7. The van der Waals surface area contributed by atoms with Gasteiger partial charge in [0.1, 0.15) is 0 Å². The molecule has 0 fully saturated rings. The van der Waals surface area contributed by atoms with Crippen LogP contribution >= 0.6 is 11.6 Å². The van der Waals surface area contributed by atoms with E-state index in [1.54, 1.807) is 20.9 Å². The summed E-state index contributed by atoms with van der Waals surface area (Å²) >= 11 is 5.85. The summed E-state index contributed by atoms with van der Waals surface area (Å²) in [6.45, 7) is 4.37. The molecule has 0 atom stereocenters. The van der Waals surface area contributed by atoms with E-state index in [4.69, 9.17) is 11.6 Å². The molecule has 0 saturated carbocycles. The summed E-state index contributed by atoms with van der Waals surface area (Å²) in [5, 5.41) is 6.94. The van der Waals surface area contributed by atoms with Gasteiger partial charge in [-0.25, -0.2) is 8.42 Å². The summed E-state index contributed by atoms with van der Waals surface area (Å²) in [4.78, 5) is 4.10. The number of rotatable bonds is 6. The normalized spacial score (nSPS) is 13.0. The van der Waals surface area contributed by atoms with E-state index in [2.05, 4.69) is 15.6 Å². The minimum absolute atomic E-state index is 0.298. The van der Waals surface area contributed by atoms with E-state index in [1.165, 1.54) is 11.8 Å². The molecule has 0 heterocycles. The minimum atomic E-state index is -3.13. The van der Waals surface area contributed by atoms with Crippen LogP contribution in [0.5, 0.6) is 0 Å². The van der Waals surface area contributed by atoms with Crippen LogP contribution < -0.4 is 10.6 Å². The van der Waals surface area contributed by atoms with Crippen molar-refractivity contribution in [1.82, 2.24) is 10.6 Å². The average molecular weight is 346 g/mol. The number of nitrogens with zero attached hydrogens (tertiary/aromatic N) is 1. The summed E-state index contributed by atoms with van der Waals surface area (Å²) in [7, 11) is -1.47. The van der Waals surface area contributed by atoms with Gasteiger partial charge in [0.05, 0.1) is 4.75 Å². The van der Waals surface area contributed by atoms with Gasteiger partial charge in [0.2, 0.25) is 0 Å². The standard InChI is InChI=1S/C15H24ClN3O2S/c1-15(2,22(4,20)21)11-19-14(17-3)18-10-9-12-5-7-13(16)8-6-12/h5-8H,9-11H2,1-4H3,(H2,17,18,19). The first-order valence-electron chi connectivity index (χ1n) is 7.04. The summed E-state index contributed by atoms with van der Waals surface area (Å²) in [6.07, 6.45) is 2.07. The zero-order valence-corrected chi connectivity index (χ0v) is 15.1. The molecule has 22 heavy (non-hydrogen) atoms. The van der Waals surface area contributed by atoms with E-state index in [1.807, 2.05) is 24.3 Å². The molecular weight excluding hydrogens is 322 g/mol. The fraction of sp³-hybridized carbons (Fsp3) is 0.533. The topological polar surface area (TPSA) is 70.6 Å². The molecule has 124 valence electrons. The van der Waals surface area contributed by atoms with Crippen molar-refractivity contribution in [3.63, 3.8) is 0 Å². The van der Waals surface area contributed by atoms with Crippen LogP contribution in [-0.4, -0.2) is 45.5 Å². The third-order valence-electron chi connectivity index (χ3n) is 3.53. The molecule has 0 aliphatic heterocycles. The van der Waals surface area contributed by atoms with E-state index in [-0.39, 0.29) is 0 Å². The van der Waals surface area contributed by atoms with Crippen LogP contribution in [0.3, 0.4) is 0 Å². The highest BCUT2D eigenvalue weighted by Gasteiger charge is 2.30. The maximum Gasteiger partial charge on any atom is 0.191 e. The molecule has 0 bridgehead atoms. The van der Waals surface area contributed by atoms with Gasteiger partial charge in [-0.15, -0.1) is 0 Å². The van der Waals surface area contributed by atoms with Gasteiger partial charge in [0, 0.05) is 31.4 Å². The molecule has 0 aliphatic rings. The van der Waals surface area contributed by atoms with Crippen molar-refractivity contribution in [2.24, 2.45) is 4.99 Å². The first-order valence-corrected chi connectivity index (χ1v) is 9.31. The van der Waals surface area contributed by atoms with E-state index >= 15 is 0 Å². The number of guanidine groups is 1. The Hall–Kier alpha value is -1.27. The maximum absolute atomic E-state index is 11.7. The predicted molar refractivity (Wildman–Crippen MR) is 93.4 cm³/mol. The molecule has 0 unspecified atom stereocenters. The first kappa shape index (κ1) is 18.8. The Kier molecular flexibility index (Phi) is 6.68. The Labute approximate surface area is 138 Å². The Morgan fingerprint density at radius 2 is 1.82 bits per heavy atom. The molecule has 0 aliphatic carbocycles. The van der Waals surface area contributed by atoms with Crippen molar-refractivity contribution in [3.05, 3.63) is 34.9 Å². The third kappa shape index (κ3) is 5.85. The van der Waals surface area contributed by atoms with Gasteiger partial charge < -0.3 is 10.6 Å². The highest BCUT2D eigenvalue weighted by atomic mass is 35.5. The van der Waals surface area contributed by atoms with Gasteiger partial charge in [0.25, 0.3) is 0 Å². The second-order valence-corrected chi connectivity index (χ2v) is 8.85. The molecule has 1 rings (SSSR count). The highest BCUT2D eigenvalue weighted by molar-refractivity contribution is 7.92. The van der Waals surface area contributed by atoms with Crippen molar-refractivity contribution in [1.29, 1.82) is 0 Å². The predicted octanol–water partition coefficient (Wildman–Crippen LogP) is 1.87. The van der Waals surface area contributed by atoms with Crippen LogP contribution in [0.15, 0.2) is 29.3 Å². The largest absolute Gasteiger partial charge is 0.356 e. The third-order valence-corrected chi connectivity index (χ3v) is 5.93. The quantitative estimate of drug-likeness (QED) is 0.610. The van der Waals surface area contributed by atoms with Crippen LogP contribution in [0, 0.1) is 0 Å². The van der Waals surface area contributed by atoms with Gasteiger partial charge in [-0.05, 0) is 38.0 Å². The lowest BCUT2D eigenvalue weighted by Gasteiger charge is -2.24. The average Bonchev–Trinajstić information content (AvgIpc) is 2.43. The van der Waals surface area contributed by atoms with Crippen LogP contribution in [0.25, 0.3) is 0 Å². The van der Waals surface area contributed by atoms with E-state index in [0.717, 1.165) is 11.4 Å². The zero-order valence-electron chi connectivity index (χ0n) is 13.5. The van der Waals surface area contributed by atoms with Crippen molar-refractivity contribution in [2.75, 3.05) is 26.4 Å². The van der Waals surface area contributed by atoms with Gasteiger partial charge in [-0.2, -0.15) is 0 Å². The summed E-state index contributed by atoms with van der Waals surface area (Å²) in [5.74, 6) is 0.589. The summed E-state index contributed by atoms with van der Waals surface area (Å²) in [5.41, 5.74) is 1.17. The molecule has 7 heteroatoms. The minimum Gasteiger partial charge on any atom is -0.356 e. The molecular formula is C15H24ClN3O2S. The lowest BCUT2D eigenvalue weighted by atomic mass is 10.1.